The second-order valence-corrected chi connectivity index (χ2v) is 4.02. The third kappa shape index (κ3) is 4.40. The first-order chi connectivity index (χ1) is 9.26. The highest BCUT2D eigenvalue weighted by atomic mass is 79.9. The van der Waals surface area contributed by atoms with Crippen LogP contribution in [0.25, 0.3) is 0 Å². The molecule has 0 heterocycles. The Bertz CT molecular complexity index is 614. The van der Waals surface area contributed by atoms with Gasteiger partial charge in [0.05, 0.1) is 0 Å². The summed E-state index contributed by atoms with van der Waals surface area (Å²) >= 11 is 2.87. The smallest absolute Gasteiger partial charge is 0.400 e. The molecule has 5 nitrogen and oxygen atoms in total. The highest BCUT2D eigenvalue weighted by Gasteiger charge is 2.34. The van der Waals surface area contributed by atoms with Crippen LogP contribution in [-0.4, -0.2) is 12.1 Å². The quantitative estimate of drug-likeness (QED) is 0.515. The first-order valence-electron chi connectivity index (χ1n) is 4.65. The number of nitrogens with one attached hydrogen (secondary N) is 1. The number of benzene rings is 1. The molecule has 0 amide bonds. The number of anilines is 1. The van der Waals surface area contributed by atoms with Crippen LogP contribution >= 0.6 is 15.9 Å². The molecule has 0 bridgehead atoms. The van der Waals surface area contributed by atoms with Gasteiger partial charge in [-0.15, -0.1) is 13.2 Å². The molecule has 0 aliphatic heterocycles. The molecule has 1 N–H and O–H groups in total. The number of nitriles is 2. The minimum atomic E-state index is -5.11. The monoisotopic (exact) mass is 350 g/mol. The molecule has 20 heavy (non-hydrogen) atoms. The molecule has 0 unspecified atom stereocenters. The summed E-state index contributed by atoms with van der Waals surface area (Å²) in [7, 11) is 0. The summed E-state index contributed by atoms with van der Waals surface area (Å²) in [5.74, 6) is -2.45. The van der Waals surface area contributed by atoms with Crippen molar-refractivity contribution in [2.75, 3.05) is 5.43 Å². The minimum Gasteiger partial charge on any atom is -0.400 e. The third-order valence-corrected chi connectivity index (χ3v) is 2.18. The van der Waals surface area contributed by atoms with Gasteiger partial charge in [0.15, 0.2) is 11.6 Å². The van der Waals surface area contributed by atoms with Crippen LogP contribution in [0.15, 0.2) is 21.7 Å². The van der Waals surface area contributed by atoms with E-state index in [1.54, 1.807) is 0 Å². The molecule has 1 aromatic carbocycles. The Labute approximate surface area is 118 Å². The van der Waals surface area contributed by atoms with Crippen molar-refractivity contribution in [2.45, 2.75) is 6.36 Å². The number of nitrogens with zero attached hydrogens (tertiary/aromatic N) is 3. The Morgan fingerprint density at radius 1 is 1.30 bits per heavy atom. The van der Waals surface area contributed by atoms with Gasteiger partial charge in [0.25, 0.3) is 0 Å². The van der Waals surface area contributed by atoms with E-state index in [1.807, 2.05) is 5.43 Å². The van der Waals surface area contributed by atoms with E-state index in [2.05, 4.69) is 25.8 Å². The van der Waals surface area contributed by atoms with Crippen molar-refractivity contribution >= 4 is 27.3 Å². The van der Waals surface area contributed by atoms with E-state index < -0.39 is 29.3 Å². The van der Waals surface area contributed by atoms with E-state index >= 15 is 0 Å². The summed E-state index contributed by atoms with van der Waals surface area (Å²) in [4.78, 5) is 0. The van der Waals surface area contributed by atoms with Gasteiger partial charge in [0.2, 0.25) is 5.71 Å². The molecule has 0 saturated carbocycles. The van der Waals surface area contributed by atoms with Gasteiger partial charge in [-0.2, -0.15) is 15.6 Å². The molecule has 0 radical (unpaired) electrons. The SMILES string of the molecule is N#CC(C#N)=NNc1cc(Br)cc(F)c1OC(F)(F)F. The predicted molar refractivity (Wildman–Crippen MR) is 63.1 cm³/mol. The molecule has 0 spiro atoms. The number of alkyl halides is 3. The van der Waals surface area contributed by atoms with Crippen molar-refractivity contribution in [3.05, 3.63) is 22.4 Å². The second-order valence-electron chi connectivity index (χ2n) is 3.11. The minimum absolute atomic E-state index is 0.109. The average molecular weight is 351 g/mol. The normalized spacial score (nSPS) is 10.2. The van der Waals surface area contributed by atoms with Crippen molar-refractivity contribution in [1.29, 1.82) is 10.5 Å². The summed E-state index contributed by atoms with van der Waals surface area (Å²) in [6.07, 6.45) is -5.11. The van der Waals surface area contributed by atoms with Gasteiger partial charge < -0.3 is 4.74 Å². The number of hydrazone groups is 1. The highest BCUT2D eigenvalue weighted by Crippen LogP contribution is 2.35. The molecular weight excluding hydrogens is 348 g/mol. The van der Waals surface area contributed by atoms with E-state index in [9.17, 15) is 17.6 Å². The third-order valence-electron chi connectivity index (χ3n) is 1.73. The first-order valence-corrected chi connectivity index (χ1v) is 5.45. The Balaban J connectivity index is 3.21. The predicted octanol–water partition coefficient (Wildman–Crippen LogP) is 3.30. The lowest BCUT2D eigenvalue weighted by atomic mass is 10.3. The summed E-state index contributed by atoms with van der Waals surface area (Å²) in [6, 6.07) is 4.55. The molecule has 0 fully saturated rings. The molecule has 0 aliphatic carbocycles. The van der Waals surface area contributed by atoms with Gasteiger partial charge >= 0.3 is 6.36 Å². The zero-order valence-corrected chi connectivity index (χ0v) is 10.9. The maximum Gasteiger partial charge on any atom is 0.573 e. The number of hydrogen-bond donors (Lipinski definition) is 1. The van der Waals surface area contributed by atoms with Gasteiger partial charge in [-0.3, -0.25) is 5.43 Å². The van der Waals surface area contributed by atoms with Crippen LogP contribution in [0.4, 0.5) is 23.2 Å². The number of halogens is 5. The van der Waals surface area contributed by atoms with E-state index in [0.717, 1.165) is 12.1 Å². The molecule has 0 aromatic heterocycles. The Morgan fingerprint density at radius 3 is 2.40 bits per heavy atom. The number of ether oxygens (including phenoxy) is 1. The van der Waals surface area contributed by atoms with Crippen molar-refractivity contribution < 1.29 is 22.3 Å². The molecule has 10 heteroatoms. The van der Waals surface area contributed by atoms with Crippen molar-refractivity contribution in [1.82, 2.24) is 0 Å². The van der Waals surface area contributed by atoms with E-state index in [-0.39, 0.29) is 4.47 Å². The Kier molecular flexibility index (Phi) is 4.88. The van der Waals surface area contributed by atoms with Crippen LogP contribution in [0.1, 0.15) is 0 Å². The zero-order chi connectivity index (χ0) is 15.3. The Morgan fingerprint density at radius 2 is 1.90 bits per heavy atom. The maximum atomic E-state index is 13.5. The van der Waals surface area contributed by atoms with Gasteiger partial charge in [-0.25, -0.2) is 4.39 Å². The molecule has 104 valence electrons. The van der Waals surface area contributed by atoms with Crippen LogP contribution in [0.5, 0.6) is 5.75 Å². The summed E-state index contributed by atoms with van der Waals surface area (Å²) in [5, 5.41) is 20.1. The van der Waals surface area contributed by atoms with Crippen LogP contribution in [0, 0.1) is 28.5 Å². The van der Waals surface area contributed by atoms with Crippen LogP contribution in [-0.2, 0) is 0 Å². The highest BCUT2D eigenvalue weighted by molar-refractivity contribution is 9.10. The molecule has 0 atom stereocenters. The zero-order valence-electron chi connectivity index (χ0n) is 9.29. The summed E-state index contributed by atoms with van der Waals surface area (Å²) < 4.78 is 53.6. The fourth-order valence-corrected chi connectivity index (χ4v) is 1.48. The topological polar surface area (TPSA) is 81.2 Å². The lowest BCUT2D eigenvalue weighted by Gasteiger charge is -2.13. The van der Waals surface area contributed by atoms with Crippen molar-refractivity contribution in [3.63, 3.8) is 0 Å². The summed E-state index contributed by atoms with van der Waals surface area (Å²) in [5.41, 5.74) is 0.815. The van der Waals surface area contributed by atoms with Gasteiger partial charge in [-0.05, 0) is 12.1 Å². The average Bonchev–Trinajstić information content (AvgIpc) is 2.33. The fraction of sp³-hybridized carbons (Fsp3) is 0.100. The van der Waals surface area contributed by atoms with E-state index in [1.165, 1.54) is 12.1 Å². The largest absolute Gasteiger partial charge is 0.573 e. The number of hydrogen-bond acceptors (Lipinski definition) is 5. The van der Waals surface area contributed by atoms with E-state index in [4.69, 9.17) is 10.5 Å². The van der Waals surface area contributed by atoms with Crippen molar-refractivity contribution in [2.24, 2.45) is 5.10 Å². The summed E-state index contributed by atoms with van der Waals surface area (Å²) in [6.45, 7) is 0. The lowest BCUT2D eigenvalue weighted by Crippen LogP contribution is -2.19. The standard InChI is InChI=1S/C10H3BrF4N4O/c11-5-1-7(12)9(20-10(13,14)15)8(2-5)19-18-6(3-16)4-17/h1-2,19H. The molecule has 0 saturated heterocycles. The molecule has 1 aromatic rings. The Hall–Kier alpha value is -2.33. The van der Waals surface area contributed by atoms with Gasteiger partial charge in [0.1, 0.15) is 17.8 Å². The molecule has 1 rings (SSSR count). The molecular formula is C10H3BrF4N4O. The maximum absolute atomic E-state index is 13.5. The van der Waals surface area contributed by atoms with Crippen LogP contribution in [0.3, 0.4) is 0 Å². The lowest BCUT2D eigenvalue weighted by molar-refractivity contribution is -0.275. The second kappa shape index (κ2) is 6.21. The van der Waals surface area contributed by atoms with Gasteiger partial charge in [-0.1, -0.05) is 15.9 Å². The van der Waals surface area contributed by atoms with E-state index in [0.29, 0.717) is 0 Å². The van der Waals surface area contributed by atoms with Crippen molar-refractivity contribution in [3.8, 4) is 17.9 Å². The first kappa shape index (κ1) is 15.7. The number of rotatable bonds is 3. The van der Waals surface area contributed by atoms with Gasteiger partial charge in [0, 0.05) is 4.47 Å². The molecule has 0 aliphatic rings. The van der Waals surface area contributed by atoms with Crippen LogP contribution < -0.4 is 10.2 Å². The van der Waals surface area contributed by atoms with Crippen LogP contribution in [0.2, 0.25) is 0 Å². The fourth-order valence-electron chi connectivity index (χ4n) is 1.05.